The molecule has 1 fully saturated rings. The van der Waals surface area contributed by atoms with E-state index in [1.165, 1.54) is 31.6 Å². The second kappa shape index (κ2) is 4.20. The van der Waals surface area contributed by atoms with E-state index < -0.39 is 0 Å². The first-order valence-corrected chi connectivity index (χ1v) is 6.07. The zero-order chi connectivity index (χ0) is 11.7. The predicted molar refractivity (Wildman–Crippen MR) is 68.0 cm³/mol. The summed E-state index contributed by atoms with van der Waals surface area (Å²) in [6.45, 7) is 4.27. The van der Waals surface area contributed by atoms with Crippen LogP contribution in [0.2, 0.25) is 0 Å². The predicted octanol–water partition coefficient (Wildman–Crippen LogP) is 2.38. The molecule has 1 aliphatic rings. The Hall–Kier alpha value is -1.84. The number of aromatic amines is 1. The van der Waals surface area contributed by atoms with Gasteiger partial charge in [-0.25, -0.2) is 4.98 Å². The fraction of sp³-hybridized carbons (Fsp3) is 0.385. The Morgan fingerprint density at radius 3 is 2.41 bits per heavy atom. The van der Waals surface area contributed by atoms with Crippen LogP contribution in [-0.4, -0.2) is 28.3 Å². The summed E-state index contributed by atoms with van der Waals surface area (Å²) in [7, 11) is 0. The Labute approximate surface area is 101 Å². The standard InChI is InChI=1S/C13H16N4/c1-10-14-13(16-15-10)11-4-6-12(7-5-11)17-8-2-3-9-17/h4-7H,2-3,8-9H2,1H3,(H,14,15,16). The minimum absolute atomic E-state index is 0.774. The monoisotopic (exact) mass is 228 g/mol. The lowest BCUT2D eigenvalue weighted by Crippen LogP contribution is -2.17. The van der Waals surface area contributed by atoms with Crippen molar-refractivity contribution in [3.63, 3.8) is 0 Å². The third kappa shape index (κ3) is 2.02. The molecule has 0 atom stereocenters. The zero-order valence-corrected chi connectivity index (χ0v) is 9.98. The lowest BCUT2D eigenvalue weighted by Gasteiger charge is -2.17. The van der Waals surface area contributed by atoms with E-state index in [9.17, 15) is 0 Å². The van der Waals surface area contributed by atoms with E-state index in [0.717, 1.165) is 17.2 Å². The summed E-state index contributed by atoms with van der Waals surface area (Å²) >= 11 is 0. The van der Waals surface area contributed by atoms with Gasteiger partial charge in [0.25, 0.3) is 0 Å². The highest BCUT2D eigenvalue weighted by molar-refractivity contribution is 5.60. The summed E-state index contributed by atoms with van der Waals surface area (Å²) in [5.41, 5.74) is 2.37. The topological polar surface area (TPSA) is 44.8 Å². The van der Waals surface area contributed by atoms with Gasteiger partial charge >= 0.3 is 0 Å². The molecule has 0 radical (unpaired) electrons. The molecule has 4 nitrogen and oxygen atoms in total. The Morgan fingerprint density at radius 1 is 1.12 bits per heavy atom. The minimum Gasteiger partial charge on any atom is -0.372 e. The minimum atomic E-state index is 0.774. The van der Waals surface area contributed by atoms with Crippen molar-refractivity contribution in [2.45, 2.75) is 19.8 Å². The van der Waals surface area contributed by atoms with Gasteiger partial charge < -0.3 is 4.90 Å². The van der Waals surface area contributed by atoms with E-state index in [0.29, 0.717) is 0 Å². The van der Waals surface area contributed by atoms with Crippen molar-refractivity contribution in [1.82, 2.24) is 15.2 Å². The largest absolute Gasteiger partial charge is 0.372 e. The van der Waals surface area contributed by atoms with Crippen LogP contribution in [0.1, 0.15) is 18.7 Å². The summed E-state index contributed by atoms with van der Waals surface area (Å²) in [5.74, 6) is 1.62. The van der Waals surface area contributed by atoms with E-state index >= 15 is 0 Å². The first-order valence-electron chi connectivity index (χ1n) is 6.07. The fourth-order valence-corrected chi connectivity index (χ4v) is 2.27. The number of nitrogens with zero attached hydrogens (tertiary/aromatic N) is 3. The average Bonchev–Trinajstić information content (AvgIpc) is 3.00. The normalized spacial score (nSPS) is 15.5. The zero-order valence-electron chi connectivity index (χ0n) is 9.98. The maximum absolute atomic E-state index is 4.33. The third-order valence-electron chi connectivity index (χ3n) is 3.19. The van der Waals surface area contributed by atoms with Gasteiger partial charge in [-0.1, -0.05) is 0 Å². The van der Waals surface area contributed by atoms with Crippen LogP contribution in [0.15, 0.2) is 24.3 Å². The smallest absolute Gasteiger partial charge is 0.181 e. The Balaban J connectivity index is 1.84. The first kappa shape index (κ1) is 10.3. The van der Waals surface area contributed by atoms with Gasteiger partial charge in [0.05, 0.1) is 0 Å². The second-order valence-corrected chi connectivity index (χ2v) is 4.49. The van der Waals surface area contributed by atoms with E-state index in [4.69, 9.17) is 0 Å². The number of H-pyrrole nitrogens is 1. The van der Waals surface area contributed by atoms with Gasteiger partial charge in [-0.2, -0.15) is 5.10 Å². The van der Waals surface area contributed by atoms with Crippen LogP contribution in [0, 0.1) is 6.92 Å². The number of aryl methyl sites for hydroxylation is 1. The van der Waals surface area contributed by atoms with Crippen molar-refractivity contribution < 1.29 is 0 Å². The lowest BCUT2D eigenvalue weighted by atomic mass is 10.2. The van der Waals surface area contributed by atoms with Crippen LogP contribution in [0.5, 0.6) is 0 Å². The average molecular weight is 228 g/mol. The van der Waals surface area contributed by atoms with Gasteiger partial charge in [0.2, 0.25) is 0 Å². The molecule has 0 spiro atoms. The molecule has 1 aromatic heterocycles. The van der Waals surface area contributed by atoms with Crippen molar-refractivity contribution in [2.24, 2.45) is 0 Å². The van der Waals surface area contributed by atoms with Crippen LogP contribution in [0.3, 0.4) is 0 Å². The SMILES string of the molecule is Cc1nc(-c2ccc(N3CCCC3)cc2)n[nH]1. The fourth-order valence-electron chi connectivity index (χ4n) is 2.27. The van der Waals surface area contributed by atoms with Gasteiger partial charge in [-0.05, 0) is 44.0 Å². The van der Waals surface area contributed by atoms with Gasteiger partial charge in [-0.15, -0.1) is 0 Å². The van der Waals surface area contributed by atoms with Crippen molar-refractivity contribution in [3.8, 4) is 11.4 Å². The number of aromatic nitrogens is 3. The first-order chi connectivity index (χ1) is 8.33. The molecule has 2 heterocycles. The van der Waals surface area contributed by atoms with E-state index in [1.54, 1.807) is 0 Å². The molecule has 0 unspecified atom stereocenters. The van der Waals surface area contributed by atoms with Crippen LogP contribution < -0.4 is 4.90 Å². The molecule has 1 saturated heterocycles. The van der Waals surface area contributed by atoms with E-state index in [1.807, 2.05) is 6.92 Å². The Kier molecular flexibility index (Phi) is 2.55. The van der Waals surface area contributed by atoms with E-state index in [-0.39, 0.29) is 0 Å². The summed E-state index contributed by atoms with van der Waals surface area (Å²) in [5, 5.41) is 7.03. The molecule has 3 rings (SSSR count). The molecule has 0 bridgehead atoms. The second-order valence-electron chi connectivity index (χ2n) is 4.49. The quantitative estimate of drug-likeness (QED) is 0.858. The van der Waals surface area contributed by atoms with Gasteiger partial charge in [-0.3, -0.25) is 5.10 Å². The van der Waals surface area contributed by atoms with Crippen LogP contribution in [0.4, 0.5) is 5.69 Å². The van der Waals surface area contributed by atoms with E-state index in [2.05, 4.69) is 44.3 Å². The maximum atomic E-state index is 4.33. The Morgan fingerprint density at radius 2 is 1.82 bits per heavy atom. The summed E-state index contributed by atoms with van der Waals surface area (Å²) in [4.78, 5) is 6.75. The van der Waals surface area contributed by atoms with Gasteiger partial charge in [0, 0.05) is 24.3 Å². The van der Waals surface area contributed by atoms with Crippen LogP contribution >= 0.6 is 0 Å². The van der Waals surface area contributed by atoms with Crippen molar-refractivity contribution in [1.29, 1.82) is 0 Å². The molecule has 2 aromatic rings. The highest BCUT2D eigenvalue weighted by Gasteiger charge is 2.12. The third-order valence-corrected chi connectivity index (χ3v) is 3.19. The highest BCUT2D eigenvalue weighted by atomic mass is 15.2. The van der Waals surface area contributed by atoms with Crippen molar-refractivity contribution in [3.05, 3.63) is 30.1 Å². The van der Waals surface area contributed by atoms with Crippen molar-refractivity contribution in [2.75, 3.05) is 18.0 Å². The maximum Gasteiger partial charge on any atom is 0.181 e. The molecule has 17 heavy (non-hydrogen) atoms. The van der Waals surface area contributed by atoms with Crippen LogP contribution in [-0.2, 0) is 0 Å². The van der Waals surface area contributed by atoms with Crippen LogP contribution in [0.25, 0.3) is 11.4 Å². The molecule has 1 N–H and O–H groups in total. The molecule has 0 saturated carbocycles. The number of nitrogens with one attached hydrogen (secondary N) is 1. The molecular formula is C13H16N4. The summed E-state index contributed by atoms with van der Waals surface area (Å²) < 4.78 is 0. The molecule has 1 aliphatic heterocycles. The number of rotatable bonds is 2. The lowest BCUT2D eigenvalue weighted by molar-refractivity contribution is 0.949. The molecule has 1 aromatic carbocycles. The number of hydrogen-bond acceptors (Lipinski definition) is 3. The number of anilines is 1. The Bertz CT molecular complexity index is 494. The summed E-state index contributed by atoms with van der Waals surface area (Å²) in [6, 6.07) is 8.51. The number of benzene rings is 1. The number of hydrogen-bond donors (Lipinski definition) is 1. The highest BCUT2D eigenvalue weighted by Crippen LogP contribution is 2.23. The molecular weight excluding hydrogens is 212 g/mol. The molecule has 88 valence electrons. The molecule has 0 aliphatic carbocycles. The van der Waals surface area contributed by atoms with Gasteiger partial charge in [0.15, 0.2) is 5.82 Å². The summed E-state index contributed by atoms with van der Waals surface area (Å²) in [6.07, 6.45) is 2.61. The van der Waals surface area contributed by atoms with Gasteiger partial charge in [0.1, 0.15) is 5.82 Å². The molecule has 0 amide bonds. The van der Waals surface area contributed by atoms with Crippen molar-refractivity contribution >= 4 is 5.69 Å². The molecule has 4 heteroatoms.